The first kappa shape index (κ1) is 34.4. The van der Waals surface area contributed by atoms with Gasteiger partial charge in [0.1, 0.15) is 17.2 Å². The van der Waals surface area contributed by atoms with E-state index in [1.807, 2.05) is 52.0 Å². The minimum atomic E-state index is -5.56. The number of aryl methyl sites for hydroxylation is 2. The largest absolute Gasteiger partial charge is 0.497 e. The number of ether oxygens (including phenoxy) is 2. The number of rotatable bonds is 12. The van der Waals surface area contributed by atoms with Gasteiger partial charge in [0, 0.05) is 17.6 Å². The van der Waals surface area contributed by atoms with E-state index in [4.69, 9.17) is 14.0 Å². The highest BCUT2D eigenvalue weighted by atomic mass is 32.2. The van der Waals surface area contributed by atoms with E-state index in [-0.39, 0.29) is 15.5 Å². The summed E-state index contributed by atoms with van der Waals surface area (Å²) >= 11 is 0.961. The minimum Gasteiger partial charge on any atom is -0.497 e. The summed E-state index contributed by atoms with van der Waals surface area (Å²) in [4.78, 5) is 0.609. The number of halogens is 2. The first-order valence-electron chi connectivity index (χ1n) is 13.8. The molecule has 12 heteroatoms. The van der Waals surface area contributed by atoms with Gasteiger partial charge in [-0.3, -0.25) is 4.55 Å². The van der Waals surface area contributed by atoms with Crippen molar-refractivity contribution in [3.63, 3.8) is 0 Å². The number of sulfone groups is 1. The third-order valence-electron chi connectivity index (χ3n) is 7.65. The third kappa shape index (κ3) is 7.69. The van der Waals surface area contributed by atoms with Crippen LogP contribution in [-0.4, -0.2) is 39.5 Å². The fourth-order valence-corrected chi connectivity index (χ4v) is 7.30. The van der Waals surface area contributed by atoms with Gasteiger partial charge in [0.2, 0.25) is 9.84 Å². The van der Waals surface area contributed by atoms with Crippen molar-refractivity contribution >= 4 is 31.7 Å². The Bertz CT molecular complexity index is 1890. The average Bonchev–Trinajstić information content (AvgIpc) is 2.98. The Morgan fingerprint density at radius 3 is 1.82 bits per heavy atom. The molecular weight excluding hydrogens is 643 g/mol. The van der Waals surface area contributed by atoms with Gasteiger partial charge >= 0.3 is 15.4 Å². The van der Waals surface area contributed by atoms with Crippen molar-refractivity contribution < 1.29 is 39.6 Å². The van der Waals surface area contributed by atoms with Crippen molar-refractivity contribution in [3.8, 4) is 17.2 Å². The maximum atomic E-state index is 14.0. The van der Waals surface area contributed by atoms with Crippen molar-refractivity contribution in [1.29, 1.82) is 0 Å². The van der Waals surface area contributed by atoms with Gasteiger partial charge in [-0.1, -0.05) is 38.1 Å². The lowest BCUT2D eigenvalue weighted by molar-refractivity contribution is 0.0781. The highest BCUT2D eigenvalue weighted by Gasteiger charge is 2.43. The van der Waals surface area contributed by atoms with Gasteiger partial charge in [0.05, 0.1) is 21.8 Å². The van der Waals surface area contributed by atoms with Crippen molar-refractivity contribution in [2.45, 2.75) is 59.5 Å². The van der Waals surface area contributed by atoms with Gasteiger partial charge in [-0.25, -0.2) is 8.42 Å². The second kappa shape index (κ2) is 13.1. The number of thioether (sulfide) groups is 1. The van der Waals surface area contributed by atoms with Crippen LogP contribution in [0.15, 0.2) is 99.6 Å². The van der Waals surface area contributed by atoms with E-state index >= 15 is 0 Å². The van der Waals surface area contributed by atoms with E-state index in [9.17, 15) is 25.6 Å². The van der Waals surface area contributed by atoms with Crippen LogP contribution in [0.5, 0.6) is 17.2 Å². The molecule has 1 N–H and O–H groups in total. The molecule has 0 aliphatic heterocycles. The van der Waals surface area contributed by atoms with E-state index in [2.05, 4.69) is 6.07 Å². The molecular formula is C33H34F2O7S3. The summed E-state index contributed by atoms with van der Waals surface area (Å²) < 4.78 is 96.6. The average molecular weight is 677 g/mol. The number of hydrogen-bond donors (Lipinski definition) is 1. The number of benzene rings is 4. The van der Waals surface area contributed by atoms with Crippen molar-refractivity contribution in [2.75, 3.05) is 12.9 Å². The molecule has 0 aliphatic carbocycles. The molecule has 0 heterocycles. The van der Waals surface area contributed by atoms with Crippen LogP contribution in [0.2, 0.25) is 0 Å². The molecule has 4 aromatic rings. The minimum absolute atomic E-state index is 0.0487. The van der Waals surface area contributed by atoms with Gasteiger partial charge in [-0.05, 0) is 96.8 Å². The lowest BCUT2D eigenvalue weighted by Crippen LogP contribution is -2.28. The summed E-state index contributed by atoms with van der Waals surface area (Å²) in [5.41, 5.74) is 3.70. The summed E-state index contributed by atoms with van der Waals surface area (Å²) in [5, 5.41) is -4.30. The first-order valence-corrected chi connectivity index (χ1v) is 17.7. The molecule has 0 amide bonds. The van der Waals surface area contributed by atoms with Crippen LogP contribution >= 0.6 is 11.8 Å². The lowest BCUT2D eigenvalue weighted by atomic mass is 9.77. The molecule has 0 unspecified atom stereocenters. The summed E-state index contributed by atoms with van der Waals surface area (Å²) in [6, 6.07) is 23.4. The SMILES string of the molecule is COc1ccc(S(=O)(=O)c2ccc(Oc3ccc(C(C)(C)c4ccc(C)c(C)c4)cc3SCCC(F)(F)S(=O)(=O)O)cc2)cc1. The zero-order valence-electron chi connectivity index (χ0n) is 25.4. The monoisotopic (exact) mass is 676 g/mol. The maximum Gasteiger partial charge on any atom is 0.370 e. The Kier molecular flexibility index (Phi) is 10.0. The first-order chi connectivity index (χ1) is 21.0. The van der Waals surface area contributed by atoms with Crippen LogP contribution in [0.25, 0.3) is 0 Å². The summed E-state index contributed by atoms with van der Waals surface area (Å²) in [7, 11) is -7.89. The predicted octanol–water partition coefficient (Wildman–Crippen LogP) is 8.23. The molecule has 0 fully saturated rings. The fourth-order valence-electron chi connectivity index (χ4n) is 4.50. The Hall–Kier alpha value is -3.45. The zero-order valence-corrected chi connectivity index (χ0v) is 27.8. The van der Waals surface area contributed by atoms with Crippen molar-refractivity contribution in [2.24, 2.45) is 0 Å². The molecule has 7 nitrogen and oxygen atoms in total. The molecule has 4 rings (SSSR count). The third-order valence-corrected chi connectivity index (χ3v) is 11.4. The fraction of sp³-hybridized carbons (Fsp3) is 0.273. The highest BCUT2D eigenvalue weighted by molar-refractivity contribution is 7.99. The van der Waals surface area contributed by atoms with E-state index in [0.29, 0.717) is 22.1 Å². The van der Waals surface area contributed by atoms with Gasteiger partial charge in [-0.2, -0.15) is 17.2 Å². The van der Waals surface area contributed by atoms with Crippen LogP contribution in [0.1, 0.15) is 42.5 Å². The van der Waals surface area contributed by atoms with Crippen LogP contribution in [0.3, 0.4) is 0 Å². The lowest BCUT2D eigenvalue weighted by Gasteiger charge is -2.28. The summed E-state index contributed by atoms with van der Waals surface area (Å²) in [6.45, 7) is 8.12. The molecule has 0 bridgehead atoms. The summed E-state index contributed by atoms with van der Waals surface area (Å²) in [6.07, 6.45) is -1.11. The molecule has 0 saturated heterocycles. The zero-order chi connectivity index (χ0) is 33.2. The predicted molar refractivity (Wildman–Crippen MR) is 171 cm³/mol. The number of alkyl halides is 2. The van der Waals surface area contributed by atoms with E-state index in [1.54, 1.807) is 18.2 Å². The number of methoxy groups -OCH3 is 1. The Labute approximate surface area is 267 Å². The normalized spacial score (nSPS) is 12.6. The molecule has 0 aliphatic rings. The van der Waals surface area contributed by atoms with Crippen LogP contribution in [0.4, 0.5) is 8.78 Å². The van der Waals surface area contributed by atoms with Crippen molar-refractivity contribution in [1.82, 2.24) is 0 Å². The molecule has 0 atom stereocenters. The Balaban J connectivity index is 1.65. The smallest absolute Gasteiger partial charge is 0.370 e. The van der Waals surface area contributed by atoms with Gasteiger partial charge in [-0.15, -0.1) is 11.8 Å². The summed E-state index contributed by atoms with van der Waals surface area (Å²) in [5.74, 6) is 0.794. The molecule has 0 aromatic heterocycles. The van der Waals surface area contributed by atoms with Crippen molar-refractivity contribution in [3.05, 3.63) is 107 Å². The van der Waals surface area contributed by atoms with E-state index in [0.717, 1.165) is 34.0 Å². The highest BCUT2D eigenvalue weighted by Crippen LogP contribution is 2.41. The van der Waals surface area contributed by atoms with Crippen LogP contribution < -0.4 is 9.47 Å². The number of hydrogen-bond acceptors (Lipinski definition) is 7. The van der Waals surface area contributed by atoms with Gasteiger partial charge < -0.3 is 9.47 Å². The molecule has 45 heavy (non-hydrogen) atoms. The van der Waals surface area contributed by atoms with Crippen LogP contribution in [0, 0.1) is 13.8 Å². The second-order valence-electron chi connectivity index (χ2n) is 11.0. The topological polar surface area (TPSA) is 107 Å². The quantitative estimate of drug-likeness (QED) is 0.118. The van der Waals surface area contributed by atoms with E-state index in [1.165, 1.54) is 43.5 Å². The Morgan fingerprint density at radius 1 is 0.756 bits per heavy atom. The Morgan fingerprint density at radius 2 is 1.29 bits per heavy atom. The maximum absolute atomic E-state index is 14.0. The van der Waals surface area contributed by atoms with Crippen LogP contribution in [-0.2, 0) is 25.4 Å². The molecule has 4 aromatic carbocycles. The molecule has 0 radical (unpaired) electrons. The van der Waals surface area contributed by atoms with Gasteiger partial charge in [0.25, 0.3) is 0 Å². The van der Waals surface area contributed by atoms with Gasteiger partial charge in [0.15, 0.2) is 0 Å². The standard InChI is InChI=1S/C33H34F2O7S3/c1-22-6-7-24(20-23(22)2)32(3,4)25-8-17-30(31(21-25)43-19-18-33(34,35)45(38,39)40)42-27-11-15-29(16-12-27)44(36,37)28-13-9-26(41-5)10-14-28/h6-17,20-21H,18-19H2,1-5H3,(H,38,39,40). The molecule has 0 spiro atoms. The molecule has 0 saturated carbocycles. The second-order valence-corrected chi connectivity index (χ2v) is 15.7. The molecule has 240 valence electrons. The van der Waals surface area contributed by atoms with E-state index < -0.39 is 37.0 Å².